The monoisotopic (exact) mass is 557 g/mol. The van der Waals surface area contributed by atoms with Crippen LogP contribution in [0, 0.1) is 0 Å². The van der Waals surface area contributed by atoms with Crippen LogP contribution in [0.25, 0.3) is 16.0 Å². The second-order valence-corrected chi connectivity index (χ2v) is 16.6. The first kappa shape index (κ1) is 27.3. The second-order valence-electron chi connectivity index (χ2n) is 10.4. The molecule has 1 aromatic carbocycles. The molecule has 37 heavy (non-hydrogen) atoms. The SMILES string of the molecule is COC(=O)c1sc(-n2cnc3cc(CO[Si](C)(C)C(C)(C)C)ncc32)cc1OC(C)c1ccccc1Cl. The maximum absolute atomic E-state index is 12.6. The van der Waals surface area contributed by atoms with Crippen LogP contribution in [0.1, 0.15) is 54.7 Å². The molecule has 7 nitrogen and oxygen atoms in total. The number of hydrogen-bond acceptors (Lipinski definition) is 7. The molecule has 0 amide bonds. The fourth-order valence-corrected chi connectivity index (χ4v) is 5.76. The smallest absolute Gasteiger partial charge is 0.351 e. The topological polar surface area (TPSA) is 75.5 Å². The van der Waals surface area contributed by atoms with Gasteiger partial charge >= 0.3 is 5.97 Å². The fourth-order valence-electron chi connectivity index (χ4n) is 3.54. The van der Waals surface area contributed by atoms with Crippen molar-refractivity contribution in [3.63, 3.8) is 0 Å². The number of aromatic nitrogens is 3. The molecule has 4 rings (SSSR count). The Morgan fingerprint density at radius 2 is 1.92 bits per heavy atom. The highest BCUT2D eigenvalue weighted by molar-refractivity contribution is 7.16. The lowest BCUT2D eigenvalue weighted by molar-refractivity contribution is 0.0600. The van der Waals surface area contributed by atoms with Gasteiger partial charge in [0.15, 0.2) is 13.2 Å². The van der Waals surface area contributed by atoms with Gasteiger partial charge in [-0.1, -0.05) is 50.6 Å². The van der Waals surface area contributed by atoms with E-state index in [1.165, 1.54) is 18.4 Å². The van der Waals surface area contributed by atoms with Crippen LogP contribution in [-0.4, -0.2) is 35.9 Å². The van der Waals surface area contributed by atoms with E-state index in [4.69, 9.17) is 25.5 Å². The summed E-state index contributed by atoms with van der Waals surface area (Å²) in [4.78, 5) is 22.2. The van der Waals surface area contributed by atoms with Crippen LogP contribution < -0.4 is 4.74 Å². The third kappa shape index (κ3) is 5.74. The van der Waals surface area contributed by atoms with Crippen molar-refractivity contribution >= 4 is 48.3 Å². The van der Waals surface area contributed by atoms with Gasteiger partial charge in [0, 0.05) is 16.7 Å². The highest BCUT2D eigenvalue weighted by Gasteiger charge is 2.37. The summed E-state index contributed by atoms with van der Waals surface area (Å²) >= 11 is 7.62. The molecule has 0 saturated carbocycles. The van der Waals surface area contributed by atoms with Crippen LogP contribution in [0.5, 0.6) is 5.75 Å². The average molecular weight is 558 g/mol. The van der Waals surface area contributed by atoms with Crippen LogP contribution in [0.2, 0.25) is 23.2 Å². The lowest BCUT2D eigenvalue weighted by Gasteiger charge is -2.36. The molecule has 1 unspecified atom stereocenters. The highest BCUT2D eigenvalue weighted by atomic mass is 35.5. The lowest BCUT2D eigenvalue weighted by atomic mass is 10.1. The van der Waals surface area contributed by atoms with Crippen molar-refractivity contribution in [2.24, 2.45) is 0 Å². The van der Waals surface area contributed by atoms with Crippen molar-refractivity contribution in [2.45, 2.75) is 58.5 Å². The first-order valence-corrected chi connectivity index (χ1v) is 16.1. The summed E-state index contributed by atoms with van der Waals surface area (Å²) in [5, 5.41) is 1.49. The number of fused-ring (bicyclic) bond motifs is 1. The van der Waals surface area contributed by atoms with Crippen LogP contribution in [0.3, 0.4) is 0 Å². The summed E-state index contributed by atoms with van der Waals surface area (Å²) in [7, 11) is -0.538. The number of carbonyl (C=O) groups is 1. The summed E-state index contributed by atoms with van der Waals surface area (Å²) in [5.74, 6) is -0.0429. The number of carbonyl (C=O) groups excluding carboxylic acids is 1. The Morgan fingerprint density at radius 3 is 2.59 bits per heavy atom. The maximum atomic E-state index is 12.6. The van der Waals surface area contributed by atoms with Gasteiger partial charge in [-0.15, -0.1) is 11.3 Å². The normalized spacial score (nSPS) is 13.1. The van der Waals surface area contributed by atoms with E-state index in [-0.39, 0.29) is 11.1 Å². The van der Waals surface area contributed by atoms with Gasteiger partial charge in [0.2, 0.25) is 0 Å². The lowest BCUT2D eigenvalue weighted by Crippen LogP contribution is -2.40. The zero-order valence-corrected chi connectivity index (χ0v) is 24.7. The average Bonchev–Trinajstić information content (AvgIpc) is 3.45. The number of esters is 1. The van der Waals surface area contributed by atoms with Crippen molar-refractivity contribution in [1.29, 1.82) is 0 Å². The van der Waals surface area contributed by atoms with Crippen molar-refractivity contribution in [2.75, 3.05) is 7.11 Å². The Balaban J connectivity index is 1.62. The van der Waals surface area contributed by atoms with Crippen molar-refractivity contribution in [3.8, 4) is 10.8 Å². The van der Waals surface area contributed by atoms with E-state index in [9.17, 15) is 4.79 Å². The number of ether oxygens (including phenoxy) is 2. The maximum Gasteiger partial charge on any atom is 0.351 e. The molecule has 0 aliphatic carbocycles. The van der Waals surface area contributed by atoms with Gasteiger partial charge in [-0.3, -0.25) is 9.55 Å². The molecule has 0 bridgehead atoms. The van der Waals surface area contributed by atoms with Gasteiger partial charge in [-0.2, -0.15) is 0 Å². The van der Waals surface area contributed by atoms with Gasteiger partial charge < -0.3 is 13.9 Å². The molecule has 0 N–H and O–H groups in total. The number of hydrogen-bond donors (Lipinski definition) is 0. The van der Waals surface area contributed by atoms with Gasteiger partial charge in [0.1, 0.15) is 23.2 Å². The molecular weight excluding hydrogens is 526 g/mol. The standard InChI is InChI=1S/C27H32ClN3O4SSi/c1-17(19-10-8-9-11-20(19)28)35-23-13-24(36-25(23)26(32)33-5)31-16-30-21-12-18(29-14-22(21)31)15-34-37(6,7)27(2,3)4/h8-14,16-17H,15H2,1-7H3. The molecule has 1 atom stereocenters. The zero-order chi connectivity index (χ0) is 27.0. The number of halogens is 1. The minimum Gasteiger partial charge on any atom is -0.484 e. The van der Waals surface area contributed by atoms with Crippen molar-refractivity contribution < 1.29 is 18.7 Å². The Labute approximate surface area is 227 Å². The number of methoxy groups -OCH3 is 1. The van der Waals surface area contributed by atoms with E-state index in [0.29, 0.717) is 22.3 Å². The molecule has 196 valence electrons. The van der Waals surface area contributed by atoms with Gasteiger partial charge in [0.25, 0.3) is 0 Å². The first-order chi connectivity index (χ1) is 17.4. The number of pyridine rings is 1. The van der Waals surface area contributed by atoms with Crippen LogP contribution >= 0.6 is 22.9 Å². The molecule has 0 fully saturated rings. The second kappa shape index (κ2) is 10.6. The van der Waals surface area contributed by atoms with E-state index in [1.807, 2.05) is 47.9 Å². The van der Waals surface area contributed by atoms with Crippen molar-refractivity contribution in [3.05, 3.63) is 70.1 Å². The largest absolute Gasteiger partial charge is 0.484 e. The number of nitrogens with zero attached hydrogens (tertiary/aromatic N) is 3. The van der Waals surface area contributed by atoms with E-state index >= 15 is 0 Å². The Morgan fingerprint density at radius 1 is 1.19 bits per heavy atom. The molecule has 0 radical (unpaired) electrons. The van der Waals surface area contributed by atoms with Crippen molar-refractivity contribution in [1.82, 2.24) is 14.5 Å². The third-order valence-corrected chi connectivity index (χ3v) is 12.7. The predicted octanol–water partition coefficient (Wildman–Crippen LogP) is 7.58. The Bertz CT molecular complexity index is 1430. The Kier molecular flexibility index (Phi) is 7.80. The molecule has 0 aliphatic heterocycles. The highest BCUT2D eigenvalue weighted by Crippen LogP contribution is 2.38. The molecule has 4 aromatic rings. The summed E-state index contributed by atoms with van der Waals surface area (Å²) < 4.78 is 19.4. The third-order valence-electron chi connectivity index (χ3n) is 6.82. The first-order valence-electron chi connectivity index (χ1n) is 12.0. The van der Waals surface area contributed by atoms with Crippen LogP contribution in [0.15, 0.2) is 48.9 Å². The van der Waals surface area contributed by atoms with Gasteiger partial charge in [-0.05, 0) is 37.2 Å². The minimum absolute atomic E-state index is 0.123. The van der Waals surface area contributed by atoms with Gasteiger partial charge in [-0.25, -0.2) is 9.78 Å². The predicted molar refractivity (Wildman–Crippen MR) is 151 cm³/mol. The van der Waals surface area contributed by atoms with E-state index < -0.39 is 14.3 Å². The van der Waals surface area contributed by atoms with E-state index in [1.54, 1.807) is 12.5 Å². The Hall–Kier alpha value is -2.72. The number of imidazole rings is 1. The zero-order valence-electron chi connectivity index (χ0n) is 22.2. The molecular formula is C27H32ClN3O4SSi. The molecule has 3 heterocycles. The minimum atomic E-state index is -1.89. The summed E-state index contributed by atoms with van der Waals surface area (Å²) in [6.07, 6.45) is 3.14. The molecule has 0 aliphatic rings. The number of benzene rings is 1. The summed E-state index contributed by atoms with van der Waals surface area (Å²) in [6, 6.07) is 11.2. The quantitative estimate of drug-likeness (QED) is 0.164. The summed E-state index contributed by atoms with van der Waals surface area (Å²) in [5.41, 5.74) is 3.28. The molecule has 0 saturated heterocycles. The van der Waals surface area contributed by atoms with Crippen LogP contribution in [0.4, 0.5) is 0 Å². The number of thiophene rings is 1. The van der Waals surface area contributed by atoms with E-state index in [0.717, 1.165) is 27.3 Å². The van der Waals surface area contributed by atoms with E-state index in [2.05, 4.69) is 43.8 Å². The van der Waals surface area contributed by atoms with Crippen LogP contribution in [-0.2, 0) is 15.8 Å². The molecule has 10 heteroatoms. The van der Waals surface area contributed by atoms with Gasteiger partial charge in [0.05, 0.1) is 36.6 Å². The number of rotatable bonds is 8. The summed E-state index contributed by atoms with van der Waals surface area (Å²) in [6.45, 7) is 13.4. The molecule has 3 aromatic heterocycles. The molecule has 0 spiro atoms. The fraction of sp³-hybridized carbons (Fsp3) is 0.370.